The highest BCUT2D eigenvalue weighted by Crippen LogP contribution is 2.00. The Morgan fingerprint density at radius 1 is 1.25 bits per heavy atom. The summed E-state index contributed by atoms with van der Waals surface area (Å²) < 4.78 is 0. The molecule has 0 aromatic rings. The van der Waals surface area contributed by atoms with Crippen LogP contribution in [-0.2, 0) is 4.79 Å². The Hall–Kier alpha value is -0.970. The lowest BCUT2D eigenvalue weighted by Gasteiger charge is -1.91. The molecule has 0 spiro atoms. The lowest BCUT2D eigenvalue weighted by molar-refractivity contribution is -0.135. The number of carboxylic acids is 1. The van der Waals surface area contributed by atoms with Gasteiger partial charge in [-0.25, -0.2) is 0 Å². The molecule has 0 fully saturated rings. The second-order valence-corrected chi connectivity index (χ2v) is 2.73. The van der Waals surface area contributed by atoms with Crippen LogP contribution >= 0.6 is 0 Å². The maximum absolute atomic E-state index is 10.0. The van der Waals surface area contributed by atoms with Gasteiger partial charge in [0.2, 0.25) is 0 Å². The molecule has 0 amide bonds. The van der Waals surface area contributed by atoms with Crippen molar-refractivity contribution in [3.05, 3.63) is 0 Å². The van der Waals surface area contributed by atoms with Crippen LogP contribution in [0.5, 0.6) is 0 Å². The highest BCUT2D eigenvalue weighted by Gasteiger charge is 1.88. The van der Waals surface area contributed by atoms with Crippen molar-refractivity contribution in [3.63, 3.8) is 0 Å². The lowest BCUT2D eigenvalue weighted by Crippen LogP contribution is -1.89. The SMILES string of the molecule is CCCCCCC#CCC(=O)O. The molecule has 0 heterocycles. The molecule has 0 unspecified atom stereocenters. The molecule has 0 saturated carbocycles. The highest BCUT2D eigenvalue weighted by molar-refractivity contribution is 5.69. The molecule has 0 aromatic heterocycles. The Bertz CT molecular complexity index is 174. The minimum atomic E-state index is -0.837. The van der Waals surface area contributed by atoms with Gasteiger partial charge in [-0.15, -0.1) is 5.92 Å². The Labute approximate surface area is 74.0 Å². The van der Waals surface area contributed by atoms with Crippen molar-refractivity contribution in [2.75, 3.05) is 0 Å². The van der Waals surface area contributed by atoms with Gasteiger partial charge < -0.3 is 5.11 Å². The van der Waals surface area contributed by atoms with E-state index in [0.29, 0.717) is 0 Å². The van der Waals surface area contributed by atoms with E-state index in [9.17, 15) is 4.79 Å². The lowest BCUT2D eigenvalue weighted by atomic mass is 10.1. The summed E-state index contributed by atoms with van der Waals surface area (Å²) in [7, 11) is 0. The van der Waals surface area contributed by atoms with Gasteiger partial charge >= 0.3 is 5.97 Å². The van der Waals surface area contributed by atoms with E-state index in [2.05, 4.69) is 18.8 Å². The fourth-order valence-corrected chi connectivity index (χ4v) is 0.867. The van der Waals surface area contributed by atoms with Gasteiger partial charge in [0.1, 0.15) is 6.42 Å². The summed E-state index contributed by atoms with van der Waals surface area (Å²) in [4.78, 5) is 10.0. The molecule has 0 aliphatic heterocycles. The zero-order valence-corrected chi connectivity index (χ0v) is 7.60. The second-order valence-electron chi connectivity index (χ2n) is 2.73. The Balaban J connectivity index is 3.16. The van der Waals surface area contributed by atoms with Gasteiger partial charge in [-0.2, -0.15) is 0 Å². The molecular formula is C10H16O2. The summed E-state index contributed by atoms with van der Waals surface area (Å²) >= 11 is 0. The summed E-state index contributed by atoms with van der Waals surface area (Å²) in [5.41, 5.74) is 0. The molecule has 68 valence electrons. The highest BCUT2D eigenvalue weighted by atomic mass is 16.4. The first-order valence-electron chi connectivity index (χ1n) is 4.45. The largest absolute Gasteiger partial charge is 0.481 e. The molecule has 0 bridgehead atoms. The van der Waals surface area contributed by atoms with Gasteiger partial charge in [-0.05, 0) is 6.42 Å². The van der Waals surface area contributed by atoms with Gasteiger partial charge in [0.25, 0.3) is 0 Å². The third kappa shape index (κ3) is 9.03. The van der Waals surface area contributed by atoms with E-state index < -0.39 is 5.97 Å². The number of unbranched alkanes of at least 4 members (excludes halogenated alkanes) is 4. The quantitative estimate of drug-likeness (QED) is 0.505. The summed E-state index contributed by atoms with van der Waals surface area (Å²) in [5, 5.41) is 8.25. The van der Waals surface area contributed by atoms with Crippen LogP contribution in [0.1, 0.15) is 45.4 Å². The van der Waals surface area contributed by atoms with Gasteiger partial charge in [0, 0.05) is 6.42 Å². The van der Waals surface area contributed by atoms with Crippen LogP contribution in [0.2, 0.25) is 0 Å². The van der Waals surface area contributed by atoms with Gasteiger partial charge in [0.05, 0.1) is 0 Å². The van der Waals surface area contributed by atoms with Crippen molar-refractivity contribution in [1.29, 1.82) is 0 Å². The number of rotatable bonds is 5. The number of hydrogen-bond donors (Lipinski definition) is 1. The minimum Gasteiger partial charge on any atom is -0.481 e. The van der Waals surface area contributed by atoms with Crippen molar-refractivity contribution in [2.45, 2.75) is 45.4 Å². The molecule has 0 aromatic carbocycles. The van der Waals surface area contributed by atoms with Crippen molar-refractivity contribution in [1.82, 2.24) is 0 Å². The van der Waals surface area contributed by atoms with Crippen LogP contribution < -0.4 is 0 Å². The number of carbonyl (C=O) groups is 1. The van der Waals surface area contributed by atoms with E-state index in [0.717, 1.165) is 12.8 Å². The van der Waals surface area contributed by atoms with Crippen LogP contribution in [0.3, 0.4) is 0 Å². The van der Waals surface area contributed by atoms with Gasteiger partial charge in [0.15, 0.2) is 0 Å². The molecule has 0 rings (SSSR count). The van der Waals surface area contributed by atoms with Crippen LogP contribution in [0, 0.1) is 11.8 Å². The fourth-order valence-electron chi connectivity index (χ4n) is 0.867. The third-order valence-corrected chi connectivity index (χ3v) is 1.52. The number of aliphatic carboxylic acids is 1. The Morgan fingerprint density at radius 3 is 2.58 bits per heavy atom. The van der Waals surface area contributed by atoms with E-state index in [-0.39, 0.29) is 6.42 Å². The predicted octanol–water partition coefficient (Wildman–Crippen LogP) is 2.43. The van der Waals surface area contributed by atoms with E-state index in [4.69, 9.17) is 5.11 Å². The zero-order chi connectivity index (χ0) is 9.23. The average Bonchev–Trinajstić information content (AvgIpc) is 2.02. The van der Waals surface area contributed by atoms with E-state index in [1.165, 1.54) is 19.3 Å². The molecule has 12 heavy (non-hydrogen) atoms. The molecule has 2 heteroatoms. The maximum atomic E-state index is 10.0. The van der Waals surface area contributed by atoms with Gasteiger partial charge in [-0.1, -0.05) is 32.1 Å². The molecule has 2 nitrogen and oxygen atoms in total. The topological polar surface area (TPSA) is 37.3 Å². The fraction of sp³-hybridized carbons (Fsp3) is 0.700. The van der Waals surface area contributed by atoms with Gasteiger partial charge in [-0.3, -0.25) is 4.79 Å². The molecule has 0 radical (unpaired) electrons. The monoisotopic (exact) mass is 168 g/mol. The van der Waals surface area contributed by atoms with Crippen LogP contribution in [0.4, 0.5) is 0 Å². The van der Waals surface area contributed by atoms with Crippen molar-refractivity contribution in [2.24, 2.45) is 0 Å². The van der Waals surface area contributed by atoms with Crippen molar-refractivity contribution in [3.8, 4) is 11.8 Å². The molecule has 0 aliphatic carbocycles. The molecule has 1 N–H and O–H groups in total. The summed E-state index contributed by atoms with van der Waals surface area (Å²) in [5.74, 6) is 4.62. The number of hydrogen-bond acceptors (Lipinski definition) is 1. The number of carboxylic acid groups (broad SMARTS) is 1. The Morgan fingerprint density at radius 2 is 2.00 bits per heavy atom. The normalized spacial score (nSPS) is 8.75. The summed E-state index contributed by atoms with van der Waals surface area (Å²) in [6.07, 6.45) is 5.60. The van der Waals surface area contributed by atoms with Crippen LogP contribution in [0.15, 0.2) is 0 Å². The average molecular weight is 168 g/mol. The molecule has 0 aliphatic rings. The third-order valence-electron chi connectivity index (χ3n) is 1.52. The summed E-state index contributed by atoms with van der Waals surface area (Å²) in [6, 6.07) is 0. The standard InChI is InChI=1S/C10H16O2/c1-2-3-4-5-6-7-8-9-10(11)12/h2-6,9H2,1H3,(H,11,12). The Kier molecular flexibility index (Phi) is 7.47. The first-order chi connectivity index (χ1) is 5.77. The molecule has 0 saturated heterocycles. The molecule has 0 atom stereocenters. The zero-order valence-electron chi connectivity index (χ0n) is 7.60. The smallest absolute Gasteiger partial charge is 0.315 e. The van der Waals surface area contributed by atoms with Crippen LogP contribution in [0.25, 0.3) is 0 Å². The van der Waals surface area contributed by atoms with E-state index in [1.807, 2.05) is 0 Å². The minimum absolute atomic E-state index is 0.0201. The van der Waals surface area contributed by atoms with Crippen LogP contribution in [-0.4, -0.2) is 11.1 Å². The van der Waals surface area contributed by atoms with Crippen molar-refractivity contribution >= 4 is 5.97 Å². The second kappa shape index (κ2) is 8.13. The van der Waals surface area contributed by atoms with Crippen molar-refractivity contribution < 1.29 is 9.90 Å². The molecular weight excluding hydrogens is 152 g/mol. The first-order valence-corrected chi connectivity index (χ1v) is 4.45. The first kappa shape index (κ1) is 11.0. The van der Waals surface area contributed by atoms with E-state index >= 15 is 0 Å². The summed E-state index contributed by atoms with van der Waals surface area (Å²) in [6.45, 7) is 2.16. The van der Waals surface area contributed by atoms with E-state index in [1.54, 1.807) is 0 Å². The predicted molar refractivity (Wildman–Crippen MR) is 48.8 cm³/mol. The maximum Gasteiger partial charge on any atom is 0.315 e.